The fraction of sp³-hybridized carbons (Fsp3) is 0.600. The predicted octanol–water partition coefficient (Wildman–Crippen LogP) is 2.05. The SMILES string of the molecule is CCc1cc(C(=O)N2CCC(C)C(C)C2)cc(NN)n1. The van der Waals surface area contributed by atoms with Crippen LogP contribution in [-0.2, 0) is 6.42 Å². The summed E-state index contributed by atoms with van der Waals surface area (Å²) in [7, 11) is 0. The summed E-state index contributed by atoms with van der Waals surface area (Å²) in [4.78, 5) is 18.9. The molecular formula is C15H24N4O. The van der Waals surface area contributed by atoms with Gasteiger partial charge in [-0.2, -0.15) is 0 Å². The maximum absolute atomic E-state index is 12.6. The zero-order valence-corrected chi connectivity index (χ0v) is 12.5. The standard InChI is InChI=1S/C15H24N4O/c1-4-13-7-12(8-14(17-13)18-16)15(20)19-6-5-10(2)11(3)9-19/h7-8,10-11H,4-6,9,16H2,1-3H3,(H,17,18). The second-order valence-electron chi connectivity index (χ2n) is 5.72. The Kier molecular flexibility index (Phi) is 4.60. The van der Waals surface area contributed by atoms with Crippen LogP contribution in [0.5, 0.6) is 0 Å². The van der Waals surface area contributed by atoms with E-state index in [0.29, 0.717) is 23.2 Å². The monoisotopic (exact) mass is 276 g/mol. The van der Waals surface area contributed by atoms with E-state index in [9.17, 15) is 4.79 Å². The maximum Gasteiger partial charge on any atom is 0.254 e. The number of nitrogens with two attached hydrogens (primary N) is 1. The number of hydrogen-bond acceptors (Lipinski definition) is 4. The van der Waals surface area contributed by atoms with Crippen molar-refractivity contribution in [3.63, 3.8) is 0 Å². The molecule has 0 bridgehead atoms. The molecule has 0 aliphatic carbocycles. The molecule has 0 aromatic carbocycles. The molecule has 1 aromatic rings. The summed E-state index contributed by atoms with van der Waals surface area (Å²) in [5.41, 5.74) is 4.08. The van der Waals surface area contributed by atoms with Crippen LogP contribution in [0, 0.1) is 11.8 Å². The Morgan fingerprint density at radius 2 is 2.20 bits per heavy atom. The highest BCUT2D eigenvalue weighted by molar-refractivity contribution is 5.95. The summed E-state index contributed by atoms with van der Waals surface area (Å²) in [6, 6.07) is 3.59. The minimum absolute atomic E-state index is 0.0809. The van der Waals surface area contributed by atoms with Gasteiger partial charge in [-0.15, -0.1) is 0 Å². The molecule has 2 unspecified atom stereocenters. The Morgan fingerprint density at radius 1 is 1.45 bits per heavy atom. The van der Waals surface area contributed by atoms with Gasteiger partial charge in [-0.25, -0.2) is 10.8 Å². The van der Waals surface area contributed by atoms with E-state index in [1.54, 1.807) is 6.07 Å². The molecule has 5 nitrogen and oxygen atoms in total. The van der Waals surface area contributed by atoms with Gasteiger partial charge in [-0.3, -0.25) is 4.79 Å². The van der Waals surface area contributed by atoms with Crippen LogP contribution in [0.3, 0.4) is 0 Å². The first-order valence-corrected chi connectivity index (χ1v) is 7.32. The number of nitrogen functional groups attached to an aromatic ring is 1. The van der Waals surface area contributed by atoms with Crippen LogP contribution in [0.2, 0.25) is 0 Å². The van der Waals surface area contributed by atoms with Gasteiger partial charge in [0.15, 0.2) is 0 Å². The van der Waals surface area contributed by atoms with Gasteiger partial charge >= 0.3 is 0 Å². The fourth-order valence-corrected chi connectivity index (χ4v) is 2.60. The highest BCUT2D eigenvalue weighted by Crippen LogP contribution is 2.24. The van der Waals surface area contributed by atoms with Crippen LogP contribution in [0.4, 0.5) is 5.82 Å². The third-order valence-electron chi connectivity index (χ3n) is 4.26. The van der Waals surface area contributed by atoms with Gasteiger partial charge in [0.2, 0.25) is 0 Å². The number of amides is 1. The predicted molar refractivity (Wildman–Crippen MR) is 80.3 cm³/mol. The fourth-order valence-electron chi connectivity index (χ4n) is 2.60. The maximum atomic E-state index is 12.6. The Balaban J connectivity index is 2.20. The van der Waals surface area contributed by atoms with Gasteiger partial charge < -0.3 is 10.3 Å². The van der Waals surface area contributed by atoms with Crippen molar-refractivity contribution < 1.29 is 4.79 Å². The number of likely N-dealkylation sites (tertiary alicyclic amines) is 1. The van der Waals surface area contributed by atoms with Gasteiger partial charge in [-0.1, -0.05) is 20.8 Å². The van der Waals surface area contributed by atoms with E-state index in [4.69, 9.17) is 5.84 Å². The van der Waals surface area contributed by atoms with Crippen molar-refractivity contribution in [2.45, 2.75) is 33.6 Å². The van der Waals surface area contributed by atoms with Gasteiger partial charge in [0, 0.05) is 24.3 Å². The lowest BCUT2D eigenvalue weighted by molar-refractivity contribution is 0.0627. The molecule has 1 saturated heterocycles. The molecule has 2 rings (SSSR count). The Bertz CT molecular complexity index is 467. The van der Waals surface area contributed by atoms with Crippen molar-refractivity contribution in [1.29, 1.82) is 0 Å². The van der Waals surface area contributed by atoms with Crippen molar-refractivity contribution in [1.82, 2.24) is 9.88 Å². The van der Waals surface area contributed by atoms with E-state index >= 15 is 0 Å². The Morgan fingerprint density at radius 3 is 2.80 bits per heavy atom. The second-order valence-corrected chi connectivity index (χ2v) is 5.72. The van der Waals surface area contributed by atoms with Crippen LogP contribution in [0.15, 0.2) is 12.1 Å². The van der Waals surface area contributed by atoms with E-state index in [2.05, 4.69) is 24.3 Å². The summed E-state index contributed by atoms with van der Waals surface area (Å²) in [5.74, 6) is 7.28. The molecule has 1 aliphatic rings. The molecule has 2 heterocycles. The molecule has 0 saturated carbocycles. The molecule has 20 heavy (non-hydrogen) atoms. The van der Waals surface area contributed by atoms with E-state index in [-0.39, 0.29) is 5.91 Å². The first kappa shape index (κ1) is 14.8. The molecule has 1 aromatic heterocycles. The molecule has 0 spiro atoms. The Hall–Kier alpha value is -1.62. The van der Waals surface area contributed by atoms with E-state index in [0.717, 1.165) is 31.6 Å². The summed E-state index contributed by atoms with van der Waals surface area (Å²) in [6.07, 6.45) is 1.85. The third-order valence-corrected chi connectivity index (χ3v) is 4.26. The van der Waals surface area contributed by atoms with Crippen molar-refractivity contribution >= 4 is 11.7 Å². The number of pyridine rings is 1. The average Bonchev–Trinajstić information content (AvgIpc) is 2.48. The van der Waals surface area contributed by atoms with E-state index in [1.807, 2.05) is 17.9 Å². The average molecular weight is 276 g/mol. The van der Waals surface area contributed by atoms with Crippen molar-refractivity contribution in [2.75, 3.05) is 18.5 Å². The lowest BCUT2D eigenvalue weighted by atomic mass is 9.88. The molecule has 1 fully saturated rings. The highest BCUT2D eigenvalue weighted by Gasteiger charge is 2.26. The number of carbonyl (C=O) groups is 1. The van der Waals surface area contributed by atoms with Gasteiger partial charge in [0.05, 0.1) is 0 Å². The van der Waals surface area contributed by atoms with Gasteiger partial charge in [0.1, 0.15) is 5.82 Å². The molecule has 0 radical (unpaired) electrons. The van der Waals surface area contributed by atoms with Crippen molar-refractivity contribution in [3.05, 3.63) is 23.4 Å². The largest absolute Gasteiger partial charge is 0.338 e. The Labute approximate surface area is 120 Å². The molecule has 2 atom stereocenters. The number of nitrogens with zero attached hydrogens (tertiary/aromatic N) is 2. The van der Waals surface area contributed by atoms with Crippen LogP contribution < -0.4 is 11.3 Å². The van der Waals surface area contributed by atoms with Gasteiger partial charge in [-0.05, 0) is 36.8 Å². The number of carbonyl (C=O) groups excluding carboxylic acids is 1. The molecule has 1 aliphatic heterocycles. The molecule has 110 valence electrons. The van der Waals surface area contributed by atoms with Crippen molar-refractivity contribution in [3.8, 4) is 0 Å². The number of piperidine rings is 1. The number of hydrogen-bond donors (Lipinski definition) is 2. The molecular weight excluding hydrogens is 252 g/mol. The molecule has 5 heteroatoms. The number of aromatic nitrogens is 1. The summed E-state index contributed by atoms with van der Waals surface area (Å²) in [6.45, 7) is 8.14. The molecule has 1 amide bonds. The summed E-state index contributed by atoms with van der Waals surface area (Å²) < 4.78 is 0. The van der Waals surface area contributed by atoms with Crippen LogP contribution >= 0.6 is 0 Å². The van der Waals surface area contributed by atoms with Crippen LogP contribution in [-0.4, -0.2) is 28.9 Å². The number of nitrogens with one attached hydrogen (secondary N) is 1. The van der Waals surface area contributed by atoms with Crippen LogP contribution in [0.1, 0.15) is 43.2 Å². The zero-order valence-electron chi connectivity index (χ0n) is 12.5. The van der Waals surface area contributed by atoms with Crippen LogP contribution in [0.25, 0.3) is 0 Å². The summed E-state index contributed by atoms with van der Waals surface area (Å²) >= 11 is 0. The zero-order chi connectivity index (χ0) is 14.7. The topological polar surface area (TPSA) is 71.2 Å². The second kappa shape index (κ2) is 6.22. The van der Waals surface area contributed by atoms with Gasteiger partial charge in [0.25, 0.3) is 5.91 Å². The lowest BCUT2D eigenvalue weighted by Gasteiger charge is -2.35. The van der Waals surface area contributed by atoms with E-state index in [1.165, 1.54) is 0 Å². The lowest BCUT2D eigenvalue weighted by Crippen LogP contribution is -2.42. The first-order chi connectivity index (χ1) is 9.55. The number of aryl methyl sites for hydroxylation is 1. The number of rotatable bonds is 3. The number of hydrazine groups is 1. The smallest absolute Gasteiger partial charge is 0.254 e. The third kappa shape index (κ3) is 3.10. The highest BCUT2D eigenvalue weighted by atomic mass is 16.2. The first-order valence-electron chi connectivity index (χ1n) is 7.32. The molecule has 3 N–H and O–H groups in total. The summed E-state index contributed by atoms with van der Waals surface area (Å²) in [5, 5.41) is 0. The number of anilines is 1. The quantitative estimate of drug-likeness (QED) is 0.654. The van der Waals surface area contributed by atoms with E-state index < -0.39 is 0 Å². The minimum Gasteiger partial charge on any atom is -0.338 e. The normalized spacial score (nSPS) is 22.7. The minimum atomic E-state index is 0.0809. The van der Waals surface area contributed by atoms with Crippen molar-refractivity contribution in [2.24, 2.45) is 17.7 Å².